The van der Waals surface area contributed by atoms with E-state index in [2.05, 4.69) is 10.3 Å². The second-order valence-electron chi connectivity index (χ2n) is 5.07. The number of pyridine rings is 1. The van der Waals surface area contributed by atoms with Crippen molar-refractivity contribution >= 4 is 29.3 Å². The van der Waals surface area contributed by atoms with Crippen molar-refractivity contribution in [2.75, 3.05) is 18.1 Å². The summed E-state index contributed by atoms with van der Waals surface area (Å²) in [5.41, 5.74) is 2.25. The molecule has 0 spiro atoms. The zero-order valence-corrected chi connectivity index (χ0v) is 12.9. The zero-order chi connectivity index (χ0) is 15.5. The Bertz CT molecular complexity index is 719. The SMILES string of the molecule is CN(Cc1cccnc1)C(=O)c1ccc2c(c1)NC(=O)CS2. The van der Waals surface area contributed by atoms with Crippen LogP contribution in [0.25, 0.3) is 0 Å². The molecule has 0 aliphatic carbocycles. The Morgan fingerprint density at radius 1 is 1.41 bits per heavy atom. The first-order valence-electron chi connectivity index (χ1n) is 6.84. The molecule has 1 aromatic heterocycles. The largest absolute Gasteiger partial charge is 0.337 e. The number of amides is 2. The van der Waals surface area contributed by atoms with E-state index in [4.69, 9.17) is 0 Å². The number of carbonyl (C=O) groups is 2. The summed E-state index contributed by atoms with van der Waals surface area (Å²) in [5.74, 6) is 0.295. The van der Waals surface area contributed by atoms with Gasteiger partial charge in [-0.25, -0.2) is 0 Å². The third-order valence-electron chi connectivity index (χ3n) is 3.35. The first-order valence-corrected chi connectivity index (χ1v) is 7.83. The van der Waals surface area contributed by atoms with Crippen LogP contribution in [0.15, 0.2) is 47.6 Å². The Morgan fingerprint density at radius 2 is 2.27 bits per heavy atom. The van der Waals surface area contributed by atoms with Crippen LogP contribution in [0, 0.1) is 0 Å². The molecule has 6 heteroatoms. The van der Waals surface area contributed by atoms with Crippen LogP contribution in [-0.4, -0.2) is 34.5 Å². The fraction of sp³-hybridized carbons (Fsp3) is 0.188. The number of hydrogen-bond acceptors (Lipinski definition) is 4. The average Bonchev–Trinajstić information content (AvgIpc) is 2.54. The summed E-state index contributed by atoms with van der Waals surface area (Å²) in [7, 11) is 1.75. The second kappa shape index (κ2) is 6.19. The summed E-state index contributed by atoms with van der Waals surface area (Å²) >= 11 is 1.48. The molecule has 0 atom stereocenters. The minimum atomic E-state index is -0.0866. The van der Waals surface area contributed by atoms with Gasteiger partial charge in [-0.1, -0.05) is 6.07 Å². The van der Waals surface area contributed by atoms with Crippen LogP contribution in [0.3, 0.4) is 0 Å². The van der Waals surface area contributed by atoms with E-state index in [1.54, 1.807) is 36.5 Å². The van der Waals surface area contributed by atoms with Crippen LogP contribution < -0.4 is 5.32 Å². The molecule has 3 rings (SSSR count). The van der Waals surface area contributed by atoms with Gasteiger partial charge in [0.2, 0.25) is 5.91 Å². The van der Waals surface area contributed by atoms with Gasteiger partial charge in [0.05, 0.1) is 11.4 Å². The van der Waals surface area contributed by atoms with E-state index in [-0.39, 0.29) is 11.8 Å². The van der Waals surface area contributed by atoms with Crippen LogP contribution in [0.2, 0.25) is 0 Å². The predicted molar refractivity (Wildman–Crippen MR) is 85.8 cm³/mol. The van der Waals surface area contributed by atoms with Gasteiger partial charge in [0.1, 0.15) is 0 Å². The number of fused-ring (bicyclic) bond motifs is 1. The molecule has 1 N–H and O–H groups in total. The molecule has 112 valence electrons. The zero-order valence-electron chi connectivity index (χ0n) is 12.1. The van der Waals surface area contributed by atoms with Crippen molar-refractivity contribution in [3.63, 3.8) is 0 Å². The van der Waals surface area contributed by atoms with Crippen molar-refractivity contribution in [3.05, 3.63) is 53.9 Å². The van der Waals surface area contributed by atoms with Gasteiger partial charge in [-0.2, -0.15) is 0 Å². The quantitative estimate of drug-likeness (QED) is 0.945. The van der Waals surface area contributed by atoms with Crippen LogP contribution in [0.5, 0.6) is 0 Å². The van der Waals surface area contributed by atoms with Gasteiger partial charge in [-0.3, -0.25) is 14.6 Å². The number of aromatic nitrogens is 1. The standard InChI is InChI=1S/C16H15N3O2S/c1-19(9-11-3-2-6-17-8-11)16(21)12-4-5-14-13(7-12)18-15(20)10-22-14/h2-8H,9-10H2,1H3,(H,18,20). The van der Waals surface area contributed by atoms with Crippen LogP contribution in [0.1, 0.15) is 15.9 Å². The number of thioether (sulfide) groups is 1. The Hall–Kier alpha value is -2.34. The summed E-state index contributed by atoms with van der Waals surface area (Å²) in [6.07, 6.45) is 3.45. The van der Waals surface area contributed by atoms with Gasteiger partial charge in [0.25, 0.3) is 5.91 Å². The Kier molecular flexibility index (Phi) is 4.11. The van der Waals surface area contributed by atoms with Gasteiger partial charge in [0, 0.05) is 36.4 Å². The number of nitrogens with one attached hydrogen (secondary N) is 1. The first-order chi connectivity index (χ1) is 10.6. The summed E-state index contributed by atoms with van der Waals surface area (Å²) in [5, 5.41) is 2.80. The average molecular weight is 313 g/mol. The van der Waals surface area contributed by atoms with Gasteiger partial charge < -0.3 is 10.2 Å². The predicted octanol–water partition coefficient (Wildman–Crippen LogP) is 2.40. The Morgan fingerprint density at radius 3 is 3.05 bits per heavy atom. The van der Waals surface area contributed by atoms with E-state index in [0.717, 1.165) is 10.5 Å². The van der Waals surface area contributed by atoms with Gasteiger partial charge >= 0.3 is 0 Å². The molecular weight excluding hydrogens is 298 g/mol. The minimum Gasteiger partial charge on any atom is -0.337 e. The topological polar surface area (TPSA) is 62.3 Å². The maximum absolute atomic E-state index is 12.5. The van der Waals surface area contributed by atoms with Crippen LogP contribution >= 0.6 is 11.8 Å². The van der Waals surface area contributed by atoms with E-state index in [0.29, 0.717) is 23.5 Å². The second-order valence-corrected chi connectivity index (χ2v) is 6.09. The maximum atomic E-state index is 12.5. The van der Waals surface area contributed by atoms with Crippen molar-refractivity contribution < 1.29 is 9.59 Å². The molecule has 1 aliphatic rings. The fourth-order valence-corrected chi connectivity index (χ4v) is 3.06. The number of rotatable bonds is 3. The third kappa shape index (κ3) is 3.12. The summed E-state index contributed by atoms with van der Waals surface area (Å²) in [6.45, 7) is 0.491. The summed E-state index contributed by atoms with van der Waals surface area (Å²) in [6, 6.07) is 9.19. The van der Waals surface area contributed by atoms with Crippen molar-refractivity contribution in [1.29, 1.82) is 0 Å². The van der Waals surface area contributed by atoms with Gasteiger partial charge in [-0.15, -0.1) is 11.8 Å². The maximum Gasteiger partial charge on any atom is 0.253 e. The van der Waals surface area contributed by atoms with E-state index >= 15 is 0 Å². The molecule has 2 aromatic rings. The molecular formula is C16H15N3O2S. The highest BCUT2D eigenvalue weighted by Crippen LogP contribution is 2.32. The third-order valence-corrected chi connectivity index (χ3v) is 4.42. The lowest BCUT2D eigenvalue weighted by Gasteiger charge is -2.20. The highest BCUT2D eigenvalue weighted by molar-refractivity contribution is 8.00. The summed E-state index contributed by atoms with van der Waals surface area (Å²) < 4.78 is 0. The lowest BCUT2D eigenvalue weighted by molar-refractivity contribution is -0.113. The molecule has 22 heavy (non-hydrogen) atoms. The lowest BCUT2D eigenvalue weighted by atomic mass is 10.1. The number of benzene rings is 1. The molecule has 0 radical (unpaired) electrons. The van der Waals surface area contributed by atoms with E-state index in [1.807, 2.05) is 18.2 Å². The molecule has 0 unspecified atom stereocenters. The van der Waals surface area contributed by atoms with Crippen molar-refractivity contribution in [2.45, 2.75) is 11.4 Å². The summed E-state index contributed by atoms with van der Waals surface area (Å²) in [4.78, 5) is 30.6. The van der Waals surface area contributed by atoms with Crippen LogP contribution in [-0.2, 0) is 11.3 Å². The Balaban J connectivity index is 1.77. The molecule has 0 fully saturated rings. The highest BCUT2D eigenvalue weighted by Gasteiger charge is 2.19. The number of anilines is 1. The smallest absolute Gasteiger partial charge is 0.253 e. The van der Waals surface area contributed by atoms with Gasteiger partial charge in [0.15, 0.2) is 0 Å². The van der Waals surface area contributed by atoms with Crippen LogP contribution in [0.4, 0.5) is 5.69 Å². The number of nitrogens with zero attached hydrogens (tertiary/aromatic N) is 2. The lowest BCUT2D eigenvalue weighted by Crippen LogP contribution is -2.26. The fourth-order valence-electron chi connectivity index (χ4n) is 2.27. The molecule has 2 amide bonds. The molecule has 0 saturated carbocycles. The molecule has 5 nitrogen and oxygen atoms in total. The highest BCUT2D eigenvalue weighted by atomic mass is 32.2. The van der Waals surface area contributed by atoms with E-state index < -0.39 is 0 Å². The van der Waals surface area contributed by atoms with Crippen molar-refractivity contribution in [1.82, 2.24) is 9.88 Å². The molecule has 2 heterocycles. The first kappa shape index (κ1) is 14.6. The van der Waals surface area contributed by atoms with Gasteiger partial charge in [-0.05, 0) is 29.8 Å². The number of hydrogen-bond donors (Lipinski definition) is 1. The molecule has 1 aliphatic heterocycles. The van der Waals surface area contributed by atoms with Crippen molar-refractivity contribution in [2.24, 2.45) is 0 Å². The monoisotopic (exact) mass is 313 g/mol. The Labute approximate surface area is 132 Å². The van der Waals surface area contributed by atoms with E-state index in [9.17, 15) is 9.59 Å². The molecule has 0 bridgehead atoms. The normalized spacial score (nSPS) is 13.2. The molecule has 0 saturated heterocycles. The van der Waals surface area contributed by atoms with E-state index in [1.165, 1.54) is 11.8 Å². The van der Waals surface area contributed by atoms with Crippen molar-refractivity contribution in [3.8, 4) is 0 Å². The number of carbonyl (C=O) groups excluding carboxylic acids is 2. The minimum absolute atomic E-state index is 0.0363. The molecule has 1 aromatic carbocycles.